The van der Waals surface area contributed by atoms with Crippen molar-refractivity contribution in [1.82, 2.24) is 10.2 Å². The molecule has 2 amide bonds. The highest BCUT2D eigenvalue weighted by Gasteiger charge is 2.19. The van der Waals surface area contributed by atoms with Gasteiger partial charge in [-0.2, -0.15) is 0 Å². The van der Waals surface area contributed by atoms with Crippen LogP contribution in [-0.2, 0) is 16.0 Å². The lowest BCUT2D eigenvalue weighted by Gasteiger charge is -2.23. The molecule has 0 fully saturated rings. The minimum absolute atomic E-state index is 0.0431. The topological polar surface area (TPSA) is 58.6 Å². The van der Waals surface area contributed by atoms with Gasteiger partial charge in [-0.3, -0.25) is 9.59 Å². The molecule has 0 aliphatic rings. The van der Waals surface area contributed by atoms with E-state index in [0.29, 0.717) is 5.75 Å². The second-order valence-electron chi connectivity index (χ2n) is 7.00. The summed E-state index contributed by atoms with van der Waals surface area (Å²) in [6.45, 7) is 9.66. The maximum Gasteiger partial charge on any atom is 0.240 e. The molecule has 0 saturated carbocycles. The Labute approximate surface area is 139 Å². The molecule has 0 radical (unpaired) electrons. The molecule has 128 valence electrons. The van der Waals surface area contributed by atoms with Crippen LogP contribution in [0.3, 0.4) is 0 Å². The summed E-state index contributed by atoms with van der Waals surface area (Å²) in [7, 11) is 1.64. The van der Waals surface area contributed by atoms with E-state index in [1.165, 1.54) is 4.90 Å². The van der Waals surface area contributed by atoms with Gasteiger partial charge in [0, 0.05) is 18.2 Å². The monoisotopic (exact) mass is 320 g/mol. The van der Waals surface area contributed by atoms with Crippen molar-refractivity contribution in [3.63, 3.8) is 0 Å². The number of nitrogens with zero attached hydrogens (tertiary/aromatic N) is 1. The predicted molar refractivity (Wildman–Crippen MR) is 91.4 cm³/mol. The van der Waals surface area contributed by atoms with E-state index in [1.54, 1.807) is 7.05 Å². The van der Waals surface area contributed by atoms with Crippen LogP contribution < -0.4 is 10.1 Å². The van der Waals surface area contributed by atoms with Gasteiger partial charge in [0.05, 0.1) is 19.1 Å². The summed E-state index contributed by atoms with van der Waals surface area (Å²) >= 11 is 0. The fourth-order valence-corrected chi connectivity index (χ4v) is 2.08. The Morgan fingerprint density at radius 1 is 1.22 bits per heavy atom. The molecule has 0 aliphatic heterocycles. The number of amides is 2. The number of hydrogen-bond acceptors (Lipinski definition) is 3. The molecular formula is C18H28N2O3. The van der Waals surface area contributed by atoms with Crippen molar-refractivity contribution in [1.29, 1.82) is 0 Å². The lowest BCUT2D eigenvalue weighted by molar-refractivity contribution is -0.134. The Hall–Kier alpha value is -2.04. The first-order valence-electron chi connectivity index (χ1n) is 7.88. The van der Waals surface area contributed by atoms with E-state index in [0.717, 1.165) is 5.56 Å². The number of likely N-dealkylation sites (N-methyl/N-ethyl adjacent to an activating group) is 1. The van der Waals surface area contributed by atoms with Gasteiger partial charge in [0.2, 0.25) is 11.8 Å². The molecule has 0 aromatic heterocycles. The summed E-state index contributed by atoms with van der Waals surface area (Å²) < 4.78 is 5.72. The molecule has 1 aromatic rings. The van der Waals surface area contributed by atoms with Crippen LogP contribution in [0, 0.1) is 0 Å². The number of hydrogen-bond donors (Lipinski definition) is 1. The zero-order valence-electron chi connectivity index (χ0n) is 15.0. The molecule has 0 heterocycles. The van der Waals surface area contributed by atoms with Crippen LogP contribution in [0.15, 0.2) is 24.3 Å². The van der Waals surface area contributed by atoms with Crippen molar-refractivity contribution in [3.05, 3.63) is 29.8 Å². The zero-order chi connectivity index (χ0) is 17.6. The smallest absolute Gasteiger partial charge is 0.240 e. The molecule has 1 N–H and O–H groups in total. The highest BCUT2D eigenvalue weighted by molar-refractivity contribution is 5.86. The van der Waals surface area contributed by atoms with Crippen LogP contribution >= 0.6 is 0 Å². The lowest BCUT2D eigenvalue weighted by Crippen LogP contribution is -2.46. The second kappa shape index (κ2) is 7.99. The summed E-state index contributed by atoms with van der Waals surface area (Å²) in [6.07, 6.45) is 0.254. The largest absolute Gasteiger partial charge is 0.491 e. The molecule has 0 aliphatic carbocycles. The van der Waals surface area contributed by atoms with E-state index in [9.17, 15) is 9.59 Å². The minimum atomic E-state index is -0.307. The quantitative estimate of drug-likeness (QED) is 0.875. The van der Waals surface area contributed by atoms with Gasteiger partial charge in [0.15, 0.2) is 0 Å². The van der Waals surface area contributed by atoms with Crippen LogP contribution in [0.1, 0.15) is 40.2 Å². The van der Waals surface area contributed by atoms with Crippen molar-refractivity contribution in [2.45, 2.75) is 52.7 Å². The Morgan fingerprint density at radius 2 is 1.83 bits per heavy atom. The number of rotatable bonds is 6. The van der Waals surface area contributed by atoms with E-state index in [-0.39, 0.29) is 36.4 Å². The van der Waals surface area contributed by atoms with Crippen molar-refractivity contribution in [2.75, 3.05) is 13.6 Å². The van der Waals surface area contributed by atoms with E-state index in [2.05, 4.69) is 5.32 Å². The van der Waals surface area contributed by atoms with Crippen LogP contribution in [-0.4, -0.2) is 41.9 Å². The van der Waals surface area contributed by atoms with Crippen molar-refractivity contribution in [3.8, 4) is 5.75 Å². The van der Waals surface area contributed by atoms with Crippen molar-refractivity contribution in [2.24, 2.45) is 0 Å². The first-order chi connectivity index (χ1) is 10.6. The molecule has 0 spiro atoms. The van der Waals surface area contributed by atoms with Gasteiger partial charge in [0.1, 0.15) is 5.75 Å². The second-order valence-corrected chi connectivity index (χ2v) is 7.00. The third-order valence-electron chi connectivity index (χ3n) is 3.00. The predicted octanol–water partition coefficient (Wildman–Crippen LogP) is 2.39. The number of ether oxygens (including phenoxy) is 1. The summed E-state index contributed by atoms with van der Waals surface area (Å²) in [5.41, 5.74) is 0.521. The van der Waals surface area contributed by atoms with Crippen LogP contribution in [0.25, 0.3) is 0 Å². The number of carbonyl (C=O) groups is 2. The number of para-hydroxylation sites is 1. The molecule has 23 heavy (non-hydrogen) atoms. The maximum absolute atomic E-state index is 12.3. The summed E-state index contributed by atoms with van der Waals surface area (Å²) in [4.78, 5) is 25.7. The summed E-state index contributed by atoms with van der Waals surface area (Å²) in [5.74, 6) is 0.428. The van der Waals surface area contributed by atoms with Gasteiger partial charge in [-0.1, -0.05) is 18.2 Å². The summed E-state index contributed by atoms with van der Waals surface area (Å²) in [6, 6.07) is 7.49. The number of benzene rings is 1. The summed E-state index contributed by atoms with van der Waals surface area (Å²) in [5, 5.41) is 2.85. The Kier molecular flexibility index (Phi) is 6.61. The third-order valence-corrected chi connectivity index (χ3v) is 3.00. The zero-order valence-corrected chi connectivity index (χ0v) is 15.0. The highest BCUT2D eigenvalue weighted by atomic mass is 16.5. The molecule has 0 atom stereocenters. The fraction of sp³-hybridized carbons (Fsp3) is 0.556. The van der Waals surface area contributed by atoms with Gasteiger partial charge in [-0.25, -0.2) is 0 Å². The van der Waals surface area contributed by atoms with Gasteiger partial charge in [-0.15, -0.1) is 0 Å². The Bertz CT molecular complexity index is 547. The minimum Gasteiger partial charge on any atom is -0.491 e. The first kappa shape index (κ1) is 19.0. The maximum atomic E-state index is 12.3. The van der Waals surface area contributed by atoms with Gasteiger partial charge in [-0.05, 0) is 40.7 Å². The van der Waals surface area contributed by atoms with E-state index in [1.807, 2.05) is 58.9 Å². The van der Waals surface area contributed by atoms with E-state index in [4.69, 9.17) is 4.74 Å². The SMILES string of the molecule is CC(C)Oc1ccccc1CC(=O)N(C)CC(=O)NC(C)(C)C. The van der Waals surface area contributed by atoms with Crippen LogP contribution in [0.2, 0.25) is 0 Å². The van der Waals surface area contributed by atoms with Gasteiger partial charge in [0.25, 0.3) is 0 Å². The molecule has 5 heteroatoms. The number of carbonyl (C=O) groups excluding carboxylic acids is 2. The van der Waals surface area contributed by atoms with Crippen molar-refractivity contribution < 1.29 is 14.3 Å². The lowest BCUT2D eigenvalue weighted by atomic mass is 10.1. The average molecular weight is 320 g/mol. The molecule has 0 saturated heterocycles. The average Bonchev–Trinajstić information content (AvgIpc) is 2.37. The normalized spacial score (nSPS) is 11.3. The molecule has 1 rings (SSSR count). The highest BCUT2D eigenvalue weighted by Crippen LogP contribution is 2.20. The van der Waals surface area contributed by atoms with Crippen LogP contribution in [0.4, 0.5) is 0 Å². The molecular weight excluding hydrogens is 292 g/mol. The van der Waals surface area contributed by atoms with Crippen molar-refractivity contribution >= 4 is 11.8 Å². The first-order valence-corrected chi connectivity index (χ1v) is 7.88. The molecule has 0 unspecified atom stereocenters. The Balaban J connectivity index is 2.67. The third kappa shape index (κ3) is 7.17. The van der Waals surface area contributed by atoms with Gasteiger partial charge >= 0.3 is 0 Å². The number of nitrogens with one attached hydrogen (secondary N) is 1. The molecule has 0 bridgehead atoms. The molecule has 5 nitrogen and oxygen atoms in total. The van der Waals surface area contributed by atoms with E-state index >= 15 is 0 Å². The van der Waals surface area contributed by atoms with E-state index < -0.39 is 0 Å². The van der Waals surface area contributed by atoms with Crippen LogP contribution in [0.5, 0.6) is 5.75 Å². The standard InChI is InChI=1S/C18H28N2O3/c1-13(2)23-15-10-8-7-9-14(15)11-17(22)20(6)12-16(21)19-18(3,4)5/h7-10,13H,11-12H2,1-6H3,(H,19,21). The Morgan fingerprint density at radius 3 is 2.39 bits per heavy atom. The van der Waals surface area contributed by atoms with Gasteiger partial charge < -0.3 is 15.0 Å². The molecule has 1 aromatic carbocycles. The fourth-order valence-electron chi connectivity index (χ4n) is 2.08.